The molecule has 0 atom stereocenters. The van der Waals surface area contributed by atoms with Crippen molar-refractivity contribution in [1.29, 1.82) is 0 Å². The number of pyridine rings is 1. The summed E-state index contributed by atoms with van der Waals surface area (Å²) < 4.78 is 1.83. The summed E-state index contributed by atoms with van der Waals surface area (Å²) >= 11 is 0. The number of hydrogen-bond donors (Lipinski definition) is 2. The number of imidazole rings is 1. The van der Waals surface area contributed by atoms with Crippen LogP contribution >= 0.6 is 0 Å². The molecule has 0 saturated heterocycles. The summed E-state index contributed by atoms with van der Waals surface area (Å²) in [5.74, 6) is 5.39. The van der Waals surface area contributed by atoms with E-state index in [4.69, 9.17) is 5.84 Å². The van der Waals surface area contributed by atoms with Gasteiger partial charge in [0, 0.05) is 13.2 Å². The van der Waals surface area contributed by atoms with Crippen LogP contribution in [0.3, 0.4) is 0 Å². The summed E-state index contributed by atoms with van der Waals surface area (Å²) in [6.07, 6.45) is 1.82. The van der Waals surface area contributed by atoms with Gasteiger partial charge in [-0.15, -0.1) is 0 Å². The number of carbonyl (C=O) groups is 1. The van der Waals surface area contributed by atoms with Crippen molar-refractivity contribution in [2.45, 2.75) is 6.42 Å². The number of amides is 1. The van der Waals surface area contributed by atoms with Crippen molar-refractivity contribution >= 4 is 17.1 Å². The molecule has 2 heterocycles. The van der Waals surface area contributed by atoms with Crippen LogP contribution in [-0.4, -0.2) is 20.4 Å². The summed E-state index contributed by atoms with van der Waals surface area (Å²) in [6.45, 7) is 0. The number of nitrogens with one attached hydrogen (secondary N) is 1. The Balaban J connectivity index is 2.44. The van der Waals surface area contributed by atoms with Crippen molar-refractivity contribution in [2.24, 2.45) is 12.9 Å². The van der Waals surface area contributed by atoms with Gasteiger partial charge in [-0.3, -0.25) is 10.2 Å². The smallest absolute Gasteiger partial charge is 0.241 e. The monoisotopic (exact) mass is 205 g/mol. The molecular formula is C9H11N5O. The fourth-order valence-electron chi connectivity index (χ4n) is 1.43. The maximum atomic E-state index is 11.1. The molecule has 0 aliphatic heterocycles. The zero-order valence-electron chi connectivity index (χ0n) is 8.27. The molecule has 0 unspecified atom stereocenters. The molecule has 0 spiro atoms. The van der Waals surface area contributed by atoms with Gasteiger partial charge in [0.05, 0.1) is 11.9 Å². The molecule has 1 amide bonds. The standard InChI is InChI=1S/C9H11N5O/c1-14-6-3-2-4-11-9(6)12-7(14)5-8(15)13-10/h2-4H,5,10H2,1H3,(H,13,15). The number of hydrogen-bond acceptors (Lipinski definition) is 4. The van der Waals surface area contributed by atoms with Crippen LogP contribution in [-0.2, 0) is 18.3 Å². The topological polar surface area (TPSA) is 85.8 Å². The van der Waals surface area contributed by atoms with Gasteiger partial charge >= 0.3 is 0 Å². The van der Waals surface area contributed by atoms with E-state index in [0.717, 1.165) is 5.52 Å². The average molecular weight is 205 g/mol. The van der Waals surface area contributed by atoms with E-state index >= 15 is 0 Å². The molecule has 2 aromatic heterocycles. The SMILES string of the molecule is Cn1c(CC(=O)NN)nc2ncccc21. The minimum atomic E-state index is -0.270. The maximum Gasteiger partial charge on any atom is 0.241 e. The Hall–Kier alpha value is -1.95. The Kier molecular flexibility index (Phi) is 2.34. The van der Waals surface area contributed by atoms with E-state index < -0.39 is 0 Å². The van der Waals surface area contributed by atoms with Gasteiger partial charge in [-0.2, -0.15) is 0 Å². The Morgan fingerprint density at radius 3 is 3.13 bits per heavy atom. The van der Waals surface area contributed by atoms with Crippen molar-refractivity contribution < 1.29 is 4.79 Å². The second-order valence-electron chi connectivity index (χ2n) is 3.18. The van der Waals surface area contributed by atoms with E-state index in [9.17, 15) is 4.79 Å². The molecule has 15 heavy (non-hydrogen) atoms. The van der Waals surface area contributed by atoms with Crippen molar-refractivity contribution in [3.8, 4) is 0 Å². The van der Waals surface area contributed by atoms with Crippen molar-refractivity contribution in [3.63, 3.8) is 0 Å². The van der Waals surface area contributed by atoms with Crippen LogP contribution < -0.4 is 11.3 Å². The van der Waals surface area contributed by atoms with Crippen LogP contribution in [0.15, 0.2) is 18.3 Å². The number of carbonyl (C=O) groups excluding carboxylic acids is 1. The number of aromatic nitrogens is 3. The van der Waals surface area contributed by atoms with E-state index in [1.165, 1.54) is 0 Å². The summed E-state index contributed by atoms with van der Waals surface area (Å²) in [7, 11) is 1.84. The second kappa shape index (κ2) is 3.66. The molecule has 0 aliphatic rings. The first-order valence-electron chi connectivity index (χ1n) is 4.48. The lowest BCUT2D eigenvalue weighted by atomic mass is 10.4. The summed E-state index contributed by atoms with van der Waals surface area (Å²) in [4.78, 5) is 19.4. The fraction of sp³-hybridized carbons (Fsp3) is 0.222. The molecule has 0 saturated carbocycles. The van der Waals surface area contributed by atoms with Gasteiger partial charge in [0.1, 0.15) is 5.82 Å². The molecule has 2 aromatic rings. The third-order valence-corrected chi connectivity index (χ3v) is 2.23. The third-order valence-electron chi connectivity index (χ3n) is 2.23. The number of hydrazine groups is 1. The summed E-state index contributed by atoms with van der Waals surface area (Å²) in [6, 6.07) is 3.73. The number of fused-ring (bicyclic) bond motifs is 1. The van der Waals surface area contributed by atoms with E-state index in [-0.39, 0.29) is 12.3 Å². The van der Waals surface area contributed by atoms with Crippen LogP contribution in [0.25, 0.3) is 11.2 Å². The van der Waals surface area contributed by atoms with Gasteiger partial charge in [-0.1, -0.05) is 0 Å². The fourth-order valence-corrected chi connectivity index (χ4v) is 1.43. The third kappa shape index (κ3) is 1.66. The lowest BCUT2D eigenvalue weighted by Gasteiger charge is -2.00. The van der Waals surface area contributed by atoms with Gasteiger partial charge in [-0.25, -0.2) is 15.8 Å². The number of nitrogens with two attached hydrogens (primary N) is 1. The van der Waals surface area contributed by atoms with E-state index in [1.54, 1.807) is 6.20 Å². The van der Waals surface area contributed by atoms with E-state index in [0.29, 0.717) is 11.5 Å². The predicted molar refractivity (Wildman–Crippen MR) is 54.5 cm³/mol. The Morgan fingerprint density at radius 1 is 1.67 bits per heavy atom. The Bertz CT molecular complexity index is 504. The number of nitrogens with zero attached hydrogens (tertiary/aromatic N) is 3. The van der Waals surface area contributed by atoms with Crippen LogP contribution in [0.4, 0.5) is 0 Å². The first kappa shape index (κ1) is 9.60. The quantitative estimate of drug-likeness (QED) is 0.393. The first-order valence-corrected chi connectivity index (χ1v) is 4.48. The lowest BCUT2D eigenvalue weighted by molar-refractivity contribution is -0.120. The van der Waals surface area contributed by atoms with Crippen LogP contribution in [0, 0.1) is 0 Å². The highest BCUT2D eigenvalue weighted by molar-refractivity contribution is 5.79. The van der Waals surface area contributed by atoms with E-state index in [1.807, 2.05) is 23.7 Å². The predicted octanol–water partition coefficient (Wildman–Crippen LogP) is -0.499. The largest absolute Gasteiger partial charge is 0.329 e. The highest BCUT2D eigenvalue weighted by atomic mass is 16.2. The van der Waals surface area contributed by atoms with Gasteiger partial charge in [-0.05, 0) is 12.1 Å². The molecule has 2 rings (SSSR count). The lowest BCUT2D eigenvalue weighted by Crippen LogP contribution is -2.32. The van der Waals surface area contributed by atoms with E-state index in [2.05, 4.69) is 15.4 Å². The zero-order chi connectivity index (χ0) is 10.8. The molecular weight excluding hydrogens is 194 g/mol. The summed E-state index contributed by atoms with van der Waals surface area (Å²) in [5.41, 5.74) is 3.61. The normalized spacial score (nSPS) is 10.5. The molecule has 78 valence electrons. The molecule has 0 aromatic carbocycles. The van der Waals surface area contributed by atoms with Crippen LogP contribution in [0.1, 0.15) is 5.82 Å². The molecule has 6 heteroatoms. The van der Waals surface area contributed by atoms with Crippen molar-refractivity contribution in [2.75, 3.05) is 0 Å². The average Bonchev–Trinajstić information content (AvgIpc) is 2.57. The van der Waals surface area contributed by atoms with Crippen LogP contribution in [0.5, 0.6) is 0 Å². The molecule has 3 N–H and O–H groups in total. The number of rotatable bonds is 2. The minimum Gasteiger partial charge on any atom is -0.329 e. The minimum absolute atomic E-state index is 0.156. The Morgan fingerprint density at radius 2 is 2.47 bits per heavy atom. The van der Waals surface area contributed by atoms with Gasteiger partial charge < -0.3 is 4.57 Å². The Labute approximate surface area is 86.1 Å². The second-order valence-corrected chi connectivity index (χ2v) is 3.18. The number of aryl methyl sites for hydroxylation is 1. The van der Waals surface area contributed by atoms with Crippen molar-refractivity contribution in [1.82, 2.24) is 20.0 Å². The van der Waals surface area contributed by atoms with Crippen LogP contribution in [0.2, 0.25) is 0 Å². The molecule has 6 nitrogen and oxygen atoms in total. The van der Waals surface area contributed by atoms with Crippen molar-refractivity contribution in [3.05, 3.63) is 24.2 Å². The van der Waals surface area contributed by atoms with Gasteiger partial charge in [0.2, 0.25) is 5.91 Å². The van der Waals surface area contributed by atoms with Gasteiger partial charge in [0.15, 0.2) is 5.65 Å². The molecule has 0 radical (unpaired) electrons. The zero-order valence-corrected chi connectivity index (χ0v) is 8.27. The molecule has 0 fully saturated rings. The first-order chi connectivity index (χ1) is 7.22. The maximum absolute atomic E-state index is 11.1. The highest BCUT2D eigenvalue weighted by Gasteiger charge is 2.10. The molecule has 0 bridgehead atoms. The summed E-state index contributed by atoms with van der Waals surface area (Å²) in [5, 5.41) is 0. The highest BCUT2D eigenvalue weighted by Crippen LogP contribution is 2.11. The van der Waals surface area contributed by atoms with Gasteiger partial charge in [0.25, 0.3) is 0 Å². The molecule has 0 aliphatic carbocycles.